The Morgan fingerprint density at radius 1 is 1.67 bits per heavy atom. The summed E-state index contributed by atoms with van der Waals surface area (Å²) in [7, 11) is 0. The van der Waals surface area contributed by atoms with Crippen molar-refractivity contribution >= 4 is 5.97 Å². The Morgan fingerprint density at radius 2 is 2.33 bits per heavy atom. The summed E-state index contributed by atoms with van der Waals surface area (Å²) in [6, 6.07) is 0. The molecule has 0 bridgehead atoms. The predicted molar refractivity (Wildman–Crippen MR) is 42.2 cm³/mol. The highest BCUT2D eigenvalue weighted by atomic mass is 16.5. The Labute approximate surface area is 70.2 Å². The van der Waals surface area contributed by atoms with Crippen molar-refractivity contribution in [2.24, 2.45) is 0 Å². The van der Waals surface area contributed by atoms with E-state index in [-0.39, 0.29) is 5.69 Å². The van der Waals surface area contributed by atoms with Gasteiger partial charge in [-0.05, 0) is 13.3 Å². The van der Waals surface area contributed by atoms with Crippen molar-refractivity contribution in [3.8, 4) is 0 Å². The lowest BCUT2D eigenvalue weighted by Gasteiger charge is -1.94. The van der Waals surface area contributed by atoms with Crippen LogP contribution in [0, 0.1) is 6.92 Å². The van der Waals surface area contributed by atoms with Crippen LogP contribution in [0.25, 0.3) is 0 Å². The van der Waals surface area contributed by atoms with Gasteiger partial charge >= 0.3 is 5.97 Å². The van der Waals surface area contributed by atoms with Gasteiger partial charge in [-0.2, -0.15) is 0 Å². The van der Waals surface area contributed by atoms with Gasteiger partial charge < -0.3 is 9.63 Å². The summed E-state index contributed by atoms with van der Waals surface area (Å²) in [5, 5.41) is 12.1. The summed E-state index contributed by atoms with van der Waals surface area (Å²) in [4.78, 5) is 10.6. The molecule has 1 rings (SSSR count). The van der Waals surface area contributed by atoms with Gasteiger partial charge in [0.05, 0.1) is 0 Å². The zero-order valence-corrected chi connectivity index (χ0v) is 7.13. The summed E-state index contributed by atoms with van der Waals surface area (Å²) < 4.78 is 4.78. The second-order valence-electron chi connectivity index (χ2n) is 2.62. The van der Waals surface area contributed by atoms with Crippen molar-refractivity contribution in [1.82, 2.24) is 5.16 Å². The van der Waals surface area contributed by atoms with Gasteiger partial charge in [0.25, 0.3) is 0 Å². The molecular weight excluding hydrogens is 158 g/mol. The van der Waals surface area contributed by atoms with Crippen LogP contribution in [0.1, 0.15) is 35.2 Å². The van der Waals surface area contributed by atoms with Crippen molar-refractivity contribution in [3.05, 3.63) is 17.0 Å². The number of rotatable bonds is 3. The minimum absolute atomic E-state index is 0.0503. The number of aryl methyl sites for hydroxylation is 1. The molecule has 0 fully saturated rings. The van der Waals surface area contributed by atoms with Crippen LogP contribution < -0.4 is 0 Å². The Bertz CT molecular complexity index is 290. The van der Waals surface area contributed by atoms with E-state index in [2.05, 4.69) is 5.16 Å². The van der Waals surface area contributed by atoms with E-state index in [4.69, 9.17) is 9.63 Å². The summed E-state index contributed by atoms with van der Waals surface area (Å²) in [6.45, 7) is 3.71. The van der Waals surface area contributed by atoms with Crippen molar-refractivity contribution in [2.75, 3.05) is 0 Å². The molecule has 12 heavy (non-hydrogen) atoms. The van der Waals surface area contributed by atoms with Gasteiger partial charge in [-0.3, -0.25) is 0 Å². The molecule has 0 aliphatic carbocycles. The average molecular weight is 169 g/mol. The Morgan fingerprint density at radius 3 is 2.83 bits per heavy atom. The highest BCUT2D eigenvalue weighted by Crippen LogP contribution is 2.14. The van der Waals surface area contributed by atoms with Gasteiger partial charge in [-0.25, -0.2) is 4.79 Å². The molecule has 0 saturated carbocycles. The van der Waals surface area contributed by atoms with Crippen LogP contribution >= 0.6 is 0 Å². The third-order valence-electron chi connectivity index (χ3n) is 1.69. The molecule has 0 spiro atoms. The lowest BCUT2D eigenvalue weighted by molar-refractivity contribution is 0.0684. The summed E-state index contributed by atoms with van der Waals surface area (Å²) >= 11 is 0. The second kappa shape index (κ2) is 3.38. The fraction of sp³-hybridized carbons (Fsp3) is 0.500. The molecule has 1 heterocycles. The van der Waals surface area contributed by atoms with E-state index in [1.807, 2.05) is 6.92 Å². The number of nitrogens with zero attached hydrogens (tertiary/aromatic N) is 1. The molecule has 0 amide bonds. The first-order chi connectivity index (χ1) is 5.66. The van der Waals surface area contributed by atoms with Gasteiger partial charge in [-0.15, -0.1) is 0 Å². The smallest absolute Gasteiger partial charge is 0.358 e. The van der Waals surface area contributed by atoms with Crippen LogP contribution in [0.3, 0.4) is 0 Å². The molecule has 0 atom stereocenters. The molecule has 0 radical (unpaired) electrons. The van der Waals surface area contributed by atoms with E-state index >= 15 is 0 Å². The largest absolute Gasteiger partial charge is 0.476 e. The fourth-order valence-electron chi connectivity index (χ4n) is 1.10. The Kier molecular flexibility index (Phi) is 2.47. The van der Waals surface area contributed by atoms with Crippen molar-refractivity contribution < 1.29 is 14.4 Å². The number of carboxylic acids is 1. The quantitative estimate of drug-likeness (QED) is 0.746. The standard InChI is InChI=1S/C8H11NO3/c1-3-4-6-5(2)12-9-7(6)8(10)11/h3-4H2,1-2H3,(H,10,11). The summed E-state index contributed by atoms with van der Waals surface area (Å²) in [5.74, 6) is -0.412. The number of hydrogen-bond donors (Lipinski definition) is 1. The third-order valence-corrected chi connectivity index (χ3v) is 1.69. The van der Waals surface area contributed by atoms with E-state index < -0.39 is 5.97 Å². The molecule has 4 nitrogen and oxygen atoms in total. The van der Waals surface area contributed by atoms with E-state index in [0.717, 1.165) is 6.42 Å². The van der Waals surface area contributed by atoms with Gasteiger partial charge in [-0.1, -0.05) is 18.5 Å². The molecule has 0 saturated heterocycles. The zero-order chi connectivity index (χ0) is 9.14. The number of aromatic nitrogens is 1. The maximum atomic E-state index is 10.6. The minimum Gasteiger partial charge on any atom is -0.476 e. The molecule has 0 unspecified atom stereocenters. The fourth-order valence-corrected chi connectivity index (χ4v) is 1.10. The third kappa shape index (κ3) is 1.47. The number of hydrogen-bond acceptors (Lipinski definition) is 3. The zero-order valence-electron chi connectivity index (χ0n) is 7.13. The maximum absolute atomic E-state index is 10.6. The molecule has 66 valence electrons. The average Bonchev–Trinajstić information content (AvgIpc) is 2.34. The SMILES string of the molecule is CCCc1c(C(=O)O)noc1C. The van der Waals surface area contributed by atoms with Gasteiger partial charge in [0, 0.05) is 5.56 Å². The number of carbonyl (C=O) groups is 1. The van der Waals surface area contributed by atoms with E-state index in [1.165, 1.54) is 0 Å². The summed E-state index contributed by atoms with van der Waals surface area (Å²) in [6.07, 6.45) is 1.60. The molecule has 0 aromatic carbocycles. The second-order valence-corrected chi connectivity index (χ2v) is 2.62. The first-order valence-corrected chi connectivity index (χ1v) is 3.85. The van der Waals surface area contributed by atoms with Crippen molar-refractivity contribution in [2.45, 2.75) is 26.7 Å². The molecule has 4 heteroatoms. The molecule has 1 N–H and O–H groups in total. The first kappa shape index (κ1) is 8.77. The number of aromatic carboxylic acids is 1. The van der Waals surface area contributed by atoms with Crippen LogP contribution in [-0.2, 0) is 6.42 Å². The van der Waals surface area contributed by atoms with Crippen LogP contribution in [0.15, 0.2) is 4.52 Å². The van der Waals surface area contributed by atoms with Gasteiger partial charge in [0.15, 0.2) is 5.69 Å². The Hall–Kier alpha value is -1.32. The van der Waals surface area contributed by atoms with E-state index in [9.17, 15) is 4.79 Å². The first-order valence-electron chi connectivity index (χ1n) is 3.85. The van der Waals surface area contributed by atoms with Gasteiger partial charge in [0.1, 0.15) is 5.76 Å². The monoisotopic (exact) mass is 169 g/mol. The number of carboxylic acid groups (broad SMARTS) is 1. The molecular formula is C8H11NO3. The van der Waals surface area contributed by atoms with Crippen LogP contribution in [-0.4, -0.2) is 16.2 Å². The van der Waals surface area contributed by atoms with Gasteiger partial charge in [0.2, 0.25) is 0 Å². The molecule has 1 aromatic heterocycles. The molecule has 0 aliphatic heterocycles. The molecule has 1 aromatic rings. The lowest BCUT2D eigenvalue weighted by atomic mass is 10.1. The molecule has 0 aliphatic rings. The lowest BCUT2D eigenvalue weighted by Crippen LogP contribution is -2.01. The highest BCUT2D eigenvalue weighted by molar-refractivity contribution is 5.87. The summed E-state index contributed by atoms with van der Waals surface area (Å²) in [5.41, 5.74) is 0.763. The van der Waals surface area contributed by atoms with Crippen LogP contribution in [0.4, 0.5) is 0 Å². The normalized spacial score (nSPS) is 10.2. The van der Waals surface area contributed by atoms with E-state index in [0.29, 0.717) is 17.7 Å². The maximum Gasteiger partial charge on any atom is 0.358 e. The van der Waals surface area contributed by atoms with Crippen molar-refractivity contribution in [1.29, 1.82) is 0 Å². The van der Waals surface area contributed by atoms with Crippen LogP contribution in [0.5, 0.6) is 0 Å². The highest BCUT2D eigenvalue weighted by Gasteiger charge is 2.17. The topological polar surface area (TPSA) is 63.3 Å². The van der Waals surface area contributed by atoms with Crippen LogP contribution in [0.2, 0.25) is 0 Å². The predicted octanol–water partition coefficient (Wildman–Crippen LogP) is 1.63. The van der Waals surface area contributed by atoms with E-state index in [1.54, 1.807) is 6.92 Å². The minimum atomic E-state index is -1.02. The van der Waals surface area contributed by atoms with Crippen molar-refractivity contribution in [3.63, 3.8) is 0 Å². The Balaban J connectivity index is 3.03.